The maximum absolute atomic E-state index is 14.2. The van der Waals surface area contributed by atoms with Crippen molar-refractivity contribution in [1.29, 1.82) is 0 Å². The standard InChI is InChI=1S/C16H22FNO2/c1-11-7-6-10-16(20,18-12(2)19)15(11,3)13-8-4-5-9-14(13)17/h4-5,8-9,11,20H,6-7,10H2,1-3H3,(H,18,19). The molecule has 110 valence electrons. The molecule has 0 heterocycles. The Morgan fingerprint density at radius 1 is 1.45 bits per heavy atom. The Labute approximate surface area is 119 Å². The summed E-state index contributed by atoms with van der Waals surface area (Å²) in [6.07, 6.45) is 2.14. The number of aliphatic hydroxyl groups is 1. The molecular weight excluding hydrogens is 257 g/mol. The van der Waals surface area contributed by atoms with Gasteiger partial charge >= 0.3 is 0 Å². The number of benzene rings is 1. The molecule has 0 spiro atoms. The third-order valence-electron chi connectivity index (χ3n) is 4.84. The molecule has 0 radical (unpaired) electrons. The van der Waals surface area contributed by atoms with E-state index in [4.69, 9.17) is 0 Å². The number of halogens is 1. The summed E-state index contributed by atoms with van der Waals surface area (Å²) in [5.41, 5.74) is -1.80. The van der Waals surface area contributed by atoms with Gasteiger partial charge < -0.3 is 10.4 Å². The van der Waals surface area contributed by atoms with Crippen LogP contribution in [0.15, 0.2) is 24.3 Å². The van der Waals surface area contributed by atoms with Crippen molar-refractivity contribution in [1.82, 2.24) is 5.32 Å². The molecule has 0 aromatic heterocycles. The summed E-state index contributed by atoms with van der Waals surface area (Å²) in [5.74, 6) is -0.582. The second-order valence-electron chi connectivity index (χ2n) is 6.02. The molecule has 20 heavy (non-hydrogen) atoms. The molecule has 1 saturated carbocycles. The SMILES string of the molecule is CC(=O)NC1(O)CCCC(C)C1(C)c1ccccc1F. The largest absolute Gasteiger partial charge is 0.370 e. The molecule has 2 rings (SSSR count). The first-order valence-corrected chi connectivity index (χ1v) is 7.07. The topological polar surface area (TPSA) is 49.3 Å². The third-order valence-corrected chi connectivity index (χ3v) is 4.84. The first-order valence-electron chi connectivity index (χ1n) is 7.07. The van der Waals surface area contributed by atoms with E-state index in [2.05, 4.69) is 5.32 Å². The minimum atomic E-state index is -1.42. The molecule has 1 aromatic rings. The van der Waals surface area contributed by atoms with Crippen LogP contribution in [0.5, 0.6) is 0 Å². The Morgan fingerprint density at radius 3 is 2.70 bits per heavy atom. The summed E-state index contributed by atoms with van der Waals surface area (Å²) < 4.78 is 14.2. The zero-order valence-corrected chi connectivity index (χ0v) is 12.2. The number of hydrogen-bond acceptors (Lipinski definition) is 2. The minimum absolute atomic E-state index is 0.0602. The van der Waals surface area contributed by atoms with E-state index in [0.29, 0.717) is 12.0 Å². The zero-order chi connectivity index (χ0) is 15.0. The molecule has 0 aliphatic heterocycles. The van der Waals surface area contributed by atoms with Crippen LogP contribution in [-0.2, 0) is 10.2 Å². The number of carbonyl (C=O) groups is 1. The predicted molar refractivity (Wildman–Crippen MR) is 75.5 cm³/mol. The number of nitrogens with one attached hydrogen (secondary N) is 1. The van der Waals surface area contributed by atoms with Crippen molar-refractivity contribution in [3.8, 4) is 0 Å². The molecule has 1 amide bonds. The smallest absolute Gasteiger partial charge is 0.219 e. The number of amides is 1. The first-order chi connectivity index (χ1) is 9.31. The van der Waals surface area contributed by atoms with Gasteiger partial charge in [-0.05, 0) is 36.8 Å². The fourth-order valence-electron chi connectivity index (χ4n) is 3.47. The van der Waals surface area contributed by atoms with Gasteiger partial charge in [-0.1, -0.05) is 32.0 Å². The van der Waals surface area contributed by atoms with E-state index in [-0.39, 0.29) is 17.6 Å². The van der Waals surface area contributed by atoms with Crippen LogP contribution in [0.1, 0.15) is 45.6 Å². The lowest BCUT2D eigenvalue weighted by atomic mass is 9.59. The van der Waals surface area contributed by atoms with Crippen LogP contribution in [0, 0.1) is 11.7 Å². The summed E-state index contributed by atoms with van der Waals surface area (Å²) >= 11 is 0. The molecule has 0 saturated heterocycles. The minimum Gasteiger partial charge on any atom is -0.370 e. The molecule has 3 atom stereocenters. The fourth-order valence-corrected chi connectivity index (χ4v) is 3.47. The first kappa shape index (κ1) is 15.0. The van der Waals surface area contributed by atoms with Crippen molar-refractivity contribution >= 4 is 5.91 Å². The Hall–Kier alpha value is -1.42. The maximum atomic E-state index is 14.2. The van der Waals surface area contributed by atoms with Crippen LogP contribution in [0.2, 0.25) is 0 Å². The molecule has 1 aromatic carbocycles. The van der Waals surface area contributed by atoms with E-state index < -0.39 is 11.1 Å². The monoisotopic (exact) mass is 279 g/mol. The Kier molecular flexibility index (Phi) is 3.87. The molecule has 1 fully saturated rings. The molecular formula is C16H22FNO2. The Balaban J connectivity index is 2.56. The lowest BCUT2D eigenvalue weighted by molar-refractivity contribution is -0.144. The highest BCUT2D eigenvalue weighted by Crippen LogP contribution is 2.49. The second-order valence-corrected chi connectivity index (χ2v) is 6.02. The van der Waals surface area contributed by atoms with E-state index in [9.17, 15) is 14.3 Å². The van der Waals surface area contributed by atoms with Gasteiger partial charge in [-0.3, -0.25) is 4.79 Å². The highest BCUT2D eigenvalue weighted by Gasteiger charge is 2.54. The van der Waals surface area contributed by atoms with Crippen molar-refractivity contribution < 1.29 is 14.3 Å². The summed E-state index contributed by atoms with van der Waals surface area (Å²) in [4.78, 5) is 11.5. The van der Waals surface area contributed by atoms with Crippen molar-refractivity contribution in [2.45, 2.75) is 51.2 Å². The van der Waals surface area contributed by atoms with Crippen LogP contribution in [0.3, 0.4) is 0 Å². The molecule has 3 unspecified atom stereocenters. The average Bonchev–Trinajstić information content (AvgIpc) is 2.35. The van der Waals surface area contributed by atoms with E-state index >= 15 is 0 Å². The number of carbonyl (C=O) groups excluding carboxylic acids is 1. The van der Waals surface area contributed by atoms with E-state index in [1.54, 1.807) is 18.2 Å². The van der Waals surface area contributed by atoms with Gasteiger partial charge in [0.1, 0.15) is 11.5 Å². The Morgan fingerprint density at radius 2 is 2.10 bits per heavy atom. The zero-order valence-electron chi connectivity index (χ0n) is 12.2. The lowest BCUT2D eigenvalue weighted by Gasteiger charge is -2.52. The summed E-state index contributed by atoms with van der Waals surface area (Å²) in [6, 6.07) is 6.49. The van der Waals surface area contributed by atoms with Crippen molar-refractivity contribution in [3.05, 3.63) is 35.6 Å². The normalized spacial score (nSPS) is 33.8. The van der Waals surface area contributed by atoms with E-state index in [1.165, 1.54) is 13.0 Å². The average molecular weight is 279 g/mol. The highest BCUT2D eigenvalue weighted by atomic mass is 19.1. The Bertz CT molecular complexity index is 519. The molecule has 0 bridgehead atoms. The van der Waals surface area contributed by atoms with E-state index in [0.717, 1.165) is 12.8 Å². The lowest BCUT2D eigenvalue weighted by Crippen LogP contribution is -2.65. The van der Waals surface area contributed by atoms with Crippen LogP contribution in [0.25, 0.3) is 0 Å². The van der Waals surface area contributed by atoms with Gasteiger partial charge in [0.2, 0.25) is 5.91 Å². The van der Waals surface area contributed by atoms with Gasteiger partial charge in [0.25, 0.3) is 0 Å². The number of rotatable bonds is 2. The van der Waals surface area contributed by atoms with E-state index in [1.807, 2.05) is 13.8 Å². The number of hydrogen-bond donors (Lipinski definition) is 2. The quantitative estimate of drug-likeness (QED) is 0.818. The van der Waals surface area contributed by atoms with Crippen molar-refractivity contribution in [2.24, 2.45) is 5.92 Å². The third kappa shape index (κ3) is 2.22. The van der Waals surface area contributed by atoms with Gasteiger partial charge in [-0.25, -0.2) is 4.39 Å². The summed E-state index contributed by atoms with van der Waals surface area (Å²) in [5, 5.41) is 13.7. The van der Waals surface area contributed by atoms with Gasteiger partial charge in [0.15, 0.2) is 0 Å². The second kappa shape index (κ2) is 5.17. The molecule has 1 aliphatic carbocycles. The summed E-state index contributed by atoms with van der Waals surface area (Å²) in [6.45, 7) is 5.21. The van der Waals surface area contributed by atoms with Crippen LogP contribution in [0.4, 0.5) is 4.39 Å². The van der Waals surface area contributed by atoms with Crippen LogP contribution >= 0.6 is 0 Å². The predicted octanol–water partition coefficient (Wildman–Crippen LogP) is 2.73. The van der Waals surface area contributed by atoms with Gasteiger partial charge in [-0.2, -0.15) is 0 Å². The molecule has 1 aliphatic rings. The van der Waals surface area contributed by atoms with Gasteiger partial charge in [0.05, 0.1) is 0 Å². The molecule has 3 nitrogen and oxygen atoms in total. The fraction of sp³-hybridized carbons (Fsp3) is 0.562. The maximum Gasteiger partial charge on any atom is 0.219 e. The van der Waals surface area contributed by atoms with Gasteiger partial charge in [-0.15, -0.1) is 0 Å². The van der Waals surface area contributed by atoms with Crippen LogP contribution < -0.4 is 5.32 Å². The molecule has 4 heteroatoms. The molecule has 2 N–H and O–H groups in total. The van der Waals surface area contributed by atoms with Crippen molar-refractivity contribution in [3.63, 3.8) is 0 Å². The summed E-state index contributed by atoms with van der Waals surface area (Å²) in [7, 11) is 0. The van der Waals surface area contributed by atoms with Crippen LogP contribution in [-0.4, -0.2) is 16.7 Å². The van der Waals surface area contributed by atoms with Gasteiger partial charge in [0, 0.05) is 12.3 Å². The van der Waals surface area contributed by atoms with Crippen molar-refractivity contribution in [2.75, 3.05) is 0 Å². The highest BCUT2D eigenvalue weighted by molar-refractivity contribution is 5.74.